The fraction of sp³-hybridized carbons (Fsp3) is 0.538. The summed E-state index contributed by atoms with van der Waals surface area (Å²) in [6.45, 7) is 2.15. The molecule has 1 heterocycles. The number of hydrogen-bond donors (Lipinski definition) is 1. The molecule has 3 heteroatoms. The lowest BCUT2D eigenvalue weighted by Gasteiger charge is -2.28. The minimum atomic E-state index is 0.225. The number of rotatable bonds is 4. The van der Waals surface area contributed by atoms with Crippen molar-refractivity contribution in [1.82, 2.24) is 0 Å². The Morgan fingerprint density at radius 1 is 1.25 bits per heavy atom. The zero-order valence-electron chi connectivity index (χ0n) is 9.47. The highest BCUT2D eigenvalue weighted by Gasteiger charge is 2.20. The van der Waals surface area contributed by atoms with Gasteiger partial charge in [0.15, 0.2) is 0 Å². The largest absolute Gasteiger partial charge is 0.491 e. The van der Waals surface area contributed by atoms with Gasteiger partial charge in [-0.25, -0.2) is 0 Å². The molecule has 16 heavy (non-hydrogen) atoms. The van der Waals surface area contributed by atoms with Crippen LogP contribution in [0, 0.1) is 5.92 Å². The van der Waals surface area contributed by atoms with E-state index in [2.05, 4.69) is 0 Å². The first-order valence-electron chi connectivity index (χ1n) is 5.88. The van der Waals surface area contributed by atoms with Crippen LogP contribution in [0.25, 0.3) is 0 Å². The summed E-state index contributed by atoms with van der Waals surface area (Å²) in [7, 11) is 0. The number of benzene rings is 1. The van der Waals surface area contributed by atoms with Gasteiger partial charge in [-0.15, -0.1) is 0 Å². The van der Waals surface area contributed by atoms with Gasteiger partial charge in [0.05, 0.1) is 12.7 Å². The first-order valence-corrected chi connectivity index (χ1v) is 5.88. The second kappa shape index (κ2) is 5.87. The van der Waals surface area contributed by atoms with E-state index < -0.39 is 0 Å². The number of nitrogens with two attached hydrogens (primary N) is 1. The van der Waals surface area contributed by atoms with Gasteiger partial charge >= 0.3 is 0 Å². The van der Waals surface area contributed by atoms with E-state index in [1.165, 1.54) is 0 Å². The first kappa shape index (κ1) is 11.4. The molecule has 2 N–H and O–H groups in total. The van der Waals surface area contributed by atoms with Crippen LogP contribution in [0.15, 0.2) is 30.3 Å². The monoisotopic (exact) mass is 221 g/mol. The van der Waals surface area contributed by atoms with Crippen LogP contribution < -0.4 is 10.5 Å². The third kappa shape index (κ3) is 3.22. The van der Waals surface area contributed by atoms with Gasteiger partial charge in [0.2, 0.25) is 0 Å². The van der Waals surface area contributed by atoms with Crippen LogP contribution >= 0.6 is 0 Å². The van der Waals surface area contributed by atoms with Crippen molar-refractivity contribution in [3.63, 3.8) is 0 Å². The molecule has 88 valence electrons. The SMILES string of the molecule is NC[C@H]1CC[C@@H](COc2ccccc2)OC1. The molecule has 3 nitrogen and oxygen atoms in total. The number of hydrogen-bond acceptors (Lipinski definition) is 3. The van der Waals surface area contributed by atoms with Crippen LogP contribution in [0.2, 0.25) is 0 Å². The topological polar surface area (TPSA) is 44.5 Å². The molecule has 0 unspecified atom stereocenters. The second-order valence-electron chi connectivity index (χ2n) is 4.26. The lowest BCUT2D eigenvalue weighted by Crippen LogP contribution is -2.33. The van der Waals surface area contributed by atoms with Crippen LogP contribution in [-0.2, 0) is 4.74 Å². The molecule has 1 fully saturated rings. The molecule has 1 aromatic carbocycles. The van der Waals surface area contributed by atoms with Crippen molar-refractivity contribution >= 4 is 0 Å². The van der Waals surface area contributed by atoms with Crippen LogP contribution in [0.3, 0.4) is 0 Å². The Balaban J connectivity index is 1.72. The average Bonchev–Trinajstić information content (AvgIpc) is 2.38. The van der Waals surface area contributed by atoms with Gasteiger partial charge in [0.1, 0.15) is 12.4 Å². The summed E-state index contributed by atoms with van der Waals surface area (Å²) in [6, 6.07) is 9.86. The Morgan fingerprint density at radius 3 is 2.69 bits per heavy atom. The van der Waals surface area contributed by atoms with E-state index in [-0.39, 0.29) is 6.10 Å². The summed E-state index contributed by atoms with van der Waals surface area (Å²) < 4.78 is 11.4. The number of para-hydroxylation sites is 1. The lowest BCUT2D eigenvalue weighted by atomic mass is 9.99. The third-order valence-corrected chi connectivity index (χ3v) is 2.98. The molecule has 0 saturated carbocycles. The van der Waals surface area contributed by atoms with Crippen LogP contribution in [0.5, 0.6) is 5.75 Å². The van der Waals surface area contributed by atoms with Gasteiger partial charge in [-0.1, -0.05) is 18.2 Å². The molecule has 0 radical (unpaired) electrons. The van der Waals surface area contributed by atoms with Gasteiger partial charge in [-0.3, -0.25) is 0 Å². The Hall–Kier alpha value is -1.06. The van der Waals surface area contributed by atoms with Gasteiger partial charge < -0.3 is 15.2 Å². The molecule has 0 aliphatic carbocycles. The van der Waals surface area contributed by atoms with Crippen LogP contribution in [-0.4, -0.2) is 25.9 Å². The molecule has 0 aromatic heterocycles. The summed E-state index contributed by atoms with van der Waals surface area (Å²) in [4.78, 5) is 0. The predicted octanol–water partition coefficient (Wildman–Crippen LogP) is 1.82. The molecule has 1 aliphatic rings. The Morgan fingerprint density at radius 2 is 2.06 bits per heavy atom. The van der Waals surface area contributed by atoms with Crippen molar-refractivity contribution in [3.8, 4) is 5.75 Å². The molecular formula is C13H19NO2. The summed E-state index contributed by atoms with van der Waals surface area (Å²) in [6.07, 6.45) is 2.43. The average molecular weight is 221 g/mol. The van der Waals surface area contributed by atoms with Gasteiger partial charge in [0, 0.05) is 0 Å². The highest BCUT2D eigenvalue weighted by Crippen LogP contribution is 2.19. The Labute approximate surface area is 96.5 Å². The van der Waals surface area contributed by atoms with Crippen molar-refractivity contribution in [2.24, 2.45) is 11.7 Å². The zero-order chi connectivity index (χ0) is 11.2. The Kier molecular flexibility index (Phi) is 4.19. The van der Waals surface area contributed by atoms with Gasteiger partial charge in [-0.05, 0) is 37.4 Å². The molecule has 1 aromatic rings. The van der Waals surface area contributed by atoms with Crippen molar-refractivity contribution in [1.29, 1.82) is 0 Å². The van der Waals surface area contributed by atoms with Crippen molar-refractivity contribution in [2.45, 2.75) is 18.9 Å². The molecular weight excluding hydrogens is 202 g/mol. The van der Waals surface area contributed by atoms with E-state index in [0.29, 0.717) is 12.5 Å². The fourth-order valence-electron chi connectivity index (χ4n) is 1.88. The number of ether oxygens (including phenoxy) is 2. The van der Waals surface area contributed by atoms with Gasteiger partial charge in [-0.2, -0.15) is 0 Å². The molecule has 0 amide bonds. The van der Waals surface area contributed by atoms with Crippen molar-refractivity contribution in [3.05, 3.63) is 30.3 Å². The van der Waals surface area contributed by atoms with E-state index in [4.69, 9.17) is 15.2 Å². The molecule has 0 spiro atoms. The smallest absolute Gasteiger partial charge is 0.119 e. The van der Waals surface area contributed by atoms with Crippen LogP contribution in [0.4, 0.5) is 0 Å². The highest BCUT2D eigenvalue weighted by atomic mass is 16.5. The standard InChI is InChI=1S/C13H19NO2/c14-8-11-6-7-13(15-9-11)10-16-12-4-2-1-3-5-12/h1-5,11,13H,6-10,14H2/t11-,13+/m1/s1. The lowest BCUT2D eigenvalue weighted by molar-refractivity contribution is -0.0352. The van der Waals surface area contributed by atoms with Crippen molar-refractivity contribution < 1.29 is 9.47 Å². The summed E-state index contributed by atoms with van der Waals surface area (Å²) in [5, 5.41) is 0. The van der Waals surface area contributed by atoms with E-state index >= 15 is 0 Å². The molecule has 2 atom stereocenters. The summed E-state index contributed by atoms with van der Waals surface area (Å²) in [5.41, 5.74) is 5.60. The minimum Gasteiger partial charge on any atom is -0.491 e. The molecule has 2 rings (SSSR count). The predicted molar refractivity (Wildman–Crippen MR) is 63.5 cm³/mol. The van der Waals surface area contributed by atoms with E-state index in [0.717, 1.165) is 31.7 Å². The molecule has 1 aliphatic heterocycles. The summed E-state index contributed by atoms with van der Waals surface area (Å²) in [5.74, 6) is 1.44. The van der Waals surface area contributed by atoms with E-state index in [1.807, 2.05) is 30.3 Å². The maximum Gasteiger partial charge on any atom is 0.119 e. The van der Waals surface area contributed by atoms with Crippen molar-refractivity contribution in [2.75, 3.05) is 19.8 Å². The fourth-order valence-corrected chi connectivity index (χ4v) is 1.88. The van der Waals surface area contributed by atoms with Crippen LogP contribution in [0.1, 0.15) is 12.8 Å². The first-order chi connectivity index (χ1) is 7.88. The third-order valence-electron chi connectivity index (χ3n) is 2.98. The highest BCUT2D eigenvalue weighted by molar-refractivity contribution is 5.20. The molecule has 1 saturated heterocycles. The second-order valence-corrected chi connectivity index (χ2v) is 4.26. The van der Waals surface area contributed by atoms with E-state index in [9.17, 15) is 0 Å². The maximum atomic E-state index is 5.70. The quantitative estimate of drug-likeness (QED) is 0.843. The molecule has 0 bridgehead atoms. The van der Waals surface area contributed by atoms with E-state index in [1.54, 1.807) is 0 Å². The van der Waals surface area contributed by atoms with Gasteiger partial charge in [0.25, 0.3) is 0 Å². The Bertz CT molecular complexity index is 294. The minimum absolute atomic E-state index is 0.225. The maximum absolute atomic E-state index is 5.70. The zero-order valence-corrected chi connectivity index (χ0v) is 9.47. The normalized spacial score (nSPS) is 25.3. The summed E-state index contributed by atoms with van der Waals surface area (Å²) >= 11 is 0.